The van der Waals surface area contributed by atoms with Crippen LogP contribution in [0.15, 0.2) is 53.4 Å². The van der Waals surface area contributed by atoms with Crippen molar-refractivity contribution in [2.45, 2.75) is 50.0 Å². The molecule has 2 aliphatic rings. The number of sulfonamides is 1. The molecule has 2 bridgehead atoms. The first-order valence-electron chi connectivity index (χ1n) is 10.5. The number of carbonyl (C=O) groups excluding carboxylic acids is 1. The molecule has 0 spiro atoms. The molecule has 160 valence electrons. The summed E-state index contributed by atoms with van der Waals surface area (Å²) in [4.78, 5) is 12.3. The number of carbonyl (C=O) groups is 1. The van der Waals surface area contributed by atoms with Gasteiger partial charge in [-0.3, -0.25) is 4.79 Å². The predicted octanol–water partition coefficient (Wildman–Crippen LogP) is 4.11. The Kier molecular flexibility index (Phi) is 5.93. The molecule has 7 heteroatoms. The number of nitrogens with one attached hydrogen (secondary N) is 2. The number of benzene rings is 2. The maximum absolute atomic E-state index is 13.7. The summed E-state index contributed by atoms with van der Waals surface area (Å²) in [6.45, 7) is 1.96. The maximum atomic E-state index is 13.7. The Bertz CT molecular complexity index is 1020. The minimum Gasteiger partial charge on any atom is -0.326 e. The van der Waals surface area contributed by atoms with Crippen molar-refractivity contribution in [1.29, 1.82) is 0 Å². The fraction of sp³-hybridized carbons (Fsp3) is 0.435. The summed E-state index contributed by atoms with van der Waals surface area (Å²) >= 11 is 0. The standard InChI is InChI=1S/C23H27FN2O3S/c1-15(21-13-16-6-7-17(21)12-16)26-30(28,29)20-10-8-19(9-11-20)25-23(27)14-18-4-2-3-5-22(18)24/h2-5,8-11,15-17,21,26H,6-7,12-14H2,1H3,(H,25,27). The van der Waals surface area contributed by atoms with Crippen molar-refractivity contribution in [3.8, 4) is 0 Å². The number of hydrogen-bond acceptors (Lipinski definition) is 3. The topological polar surface area (TPSA) is 75.3 Å². The largest absolute Gasteiger partial charge is 0.326 e. The van der Waals surface area contributed by atoms with Crippen molar-refractivity contribution in [2.24, 2.45) is 17.8 Å². The third kappa shape index (κ3) is 4.57. The van der Waals surface area contributed by atoms with Gasteiger partial charge in [-0.1, -0.05) is 24.6 Å². The molecule has 4 unspecified atom stereocenters. The first-order chi connectivity index (χ1) is 14.3. The smallest absolute Gasteiger partial charge is 0.240 e. The average molecular weight is 431 g/mol. The van der Waals surface area contributed by atoms with E-state index in [4.69, 9.17) is 0 Å². The zero-order chi connectivity index (χ0) is 21.3. The van der Waals surface area contributed by atoms with Gasteiger partial charge in [0.15, 0.2) is 0 Å². The van der Waals surface area contributed by atoms with E-state index < -0.39 is 15.8 Å². The van der Waals surface area contributed by atoms with Crippen LogP contribution >= 0.6 is 0 Å². The maximum Gasteiger partial charge on any atom is 0.240 e. The number of amides is 1. The summed E-state index contributed by atoms with van der Waals surface area (Å²) in [5.74, 6) is 1.03. The molecule has 30 heavy (non-hydrogen) atoms. The Balaban J connectivity index is 1.36. The van der Waals surface area contributed by atoms with E-state index in [1.54, 1.807) is 30.3 Å². The van der Waals surface area contributed by atoms with E-state index in [1.165, 1.54) is 37.5 Å². The van der Waals surface area contributed by atoms with Gasteiger partial charge in [-0.05, 0) is 79.8 Å². The van der Waals surface area contributed by atoms with Crippen LogP contribution in [-0.4, -0.2) is 20.4 Å². The zero-order valence-corrected chi connectivity index (χ0v) is 17.8. The highest BCUT2D eigenvalue weighted by Gasteiger charge is 2.42. The summed E-state index contributed by atoms with van der Waals surface area (Å²) < 4.78 is 42.1. The van der Waals surface area contributed by atoms with Crippen LogP contribution in [0, 0.1) is 23.6 Å². The van der Waals surface area contributed by atoms with Crippen LogP contribution in [0.4, 0.5) is 10.1 Å². The van der Waals surface area contributed by atoms with Crippen LogP contribution in [0.1, 0.15) is 38.2 Å². The number of rotatable bonds is 7. The van der Waals surface area contributed by atoms with Gasteiger partial charge in [-0.25, -0.2) is 17.5 Å². The molecule has 2 N–H and O–H groups in total. The van der Waals surface area contributed by atoms with Gasteiger partial charge in [-0.2, -0.15) is 0 Å². The minimum atomic E-state index is -3.63. The quantitative estimate of drug-likeness (QED) is 0.694. The van der Waals surface area contributed by atoms with Gasteiger partial charge in [-0.15, -0.1) is 0 Å². The molecule has 0 heterocycles. The van der Waals surface area contributed by atoms with Crippen molar-refractivity contribution in [3.05, 3.63) is 59.9 Å². The lowest BCUT2D eigenvalue weighted by atomic mass is 9.84. The van der Waals surface area contributed by atoms with Crippen molar-refractivity contribution < 1.29 is 17.6 Å². The molecule has 1 amide bonds. The third-order valence-electron chi connectivity index (χ3n) is 6.53. The highest BCUT2D eigenvalue weighted by molar-refractivity contribution is 7.89. The van der Waals surface area contributed by atoms with E-state index in [2.05, 4.69) is 10.0 Å². The molecular formula is C23H27FN2O3S. The molecule has 2 fully saturated rings. The molecule has 2 saturated carbocycles. The summed E-state index contributed by atoms with van der Waals surface area (Å²) in [5, 5.41) is 2.68. The second-order valence-corrected chi connectivity index (χ2v) is 10.3. The fourth-order valence-corrected chi connectivity index (χ4v) is 6.34. The van der Waals surface area contributed by atoms with Gasteiger partial charge in [0.25, 0.3) is 0 Å². The third-order valence-corrected chi connectivity index (χ3v) is 8.11. The lowest BCUT2D eigenvalue weighted by Gasteiger charge is -2.28. The lowest BCUT2D eigenvalue weighted by molar-refractivity contribution is -0.115. The SMILES string of the molecule is CC(NS(=O)(=O)c1ccc(NC(=O)Cc2ccccc2F)cc1)C1CC2CCC1C2. The molecule has 2 aromatic rings. The Morgan fingerprint density at radius 1 is 1.10 bits per heavy atom. The minimum absolute atomic E-state index is 0.0880. The Hall–Kier alpha value is -2.25. The normalized spacial score (nSPS) is 24.0. The number of fused-ring (bicyclic) bond motifs is 2. The summed E-state index contributed by atoms with van der Waals surface area (Å²) in [6, 6.07) is 12.1. The van der Waals surface area contributed by atoms with Gasteiger partial charge in [0.2, 0.25) is 15.9 Å². The monoisotopic (exact) mass is 430 g/mol. The second-order valence-electron chi connectivity index (χ2n) is 8.59. The van der Waals surface area contributed by atoms with Gasteiger partial charge in [0.05, 0.1) is 11.3 Å². The zero-order valence-electron chi connectivity index (χ0n) is 17.0. The van der Waals surface area contributed by atoms with Crippen LogP contribution in [-0.2, 0) is 21.2 Å². The van der Waals surface area contributed by atoms with E-state index in [0.29, 0.717) is 23.1 Å². The Labute approximate surface area is 177 Å². The number of hydrogen-bond donors (Lipinski definition) is 2. The summed E-state index contributed by atoms with van der Waals surface area (Å²) in [5.41, 5.74) is 0.782. The van der Waals surface area contributed by atoms with E-state index in [9.17, 15) is 17.6 Å². The molecular weight excluding hydrogens is 403 g/mol. The van der Waals surface area contributed by atoms with Crippen molar-refractivity contribution in [2.75, 3.05) is 5.32 Å². The van der Waals surface area contributed by atoms with Gasteiger partial charge in [0.1, 0.15) is 5.82 Å². The highest BCUT2D eigenvalue weighted by atomic mass is 32.2. The summed E-state index contributed by atoms with van der Waals surface area (Å²) in [7, 11) is -3.63. The molecule has 0 radical (unpaired) electrons. The second kappa shape index (κ2) is 8.47. The van der Waals surface area contributed by atoms with Crippen LogP contribution in [0.2, 0.25) is 0 Å². The van der Waals surface area contributed by atoms with Crippen molar-refractivity contribution in [3.63, 3.8) is 0 Å². The summed E-state index contributed by atoms with van der Waals surface area (Å²) in [6.07, 6.45) is 4.75. The van der Waals surface area contributed by atoms with Gasteiger partial charge in [0, 0.05) is 11.7 Å². The highest BCUT2D eigenvalue weighted by Crippen LogP contribution is 2.49. The molecule has 0 saturated heterocycles. The molecule has 4 atom stereocenters. The van der Waals surface area contributed by atoms with E-state index in [-0.39, 0.29) is 23.3 Å². The van der Waals surface area contributed by atoms with Crippen LogP contribution < -0.4 is 10.0 Å². The van der Waals surface area contributed by atoms with Gasteiger partial charge >= 0.3 is 0 Å². The van der Waals surface area contributed by atoms with E-state index >= 15 is 0 Å². The number of halogens is 1. The average Bonchev–Trinajstić information content (AvgIpc) is 3.33. The molecule has 0 aliphatic heterocycles. The van der Waals surface area contributed by atoms with Crippen molar-refractivity contribution >= 4 is 21.6 Å². The van der Waals surface area contributed by atoms with Crippen LogP contribution in [0.5, 0.6) is 0 Å². The van der Waals surface area contributed by atoms with E-state index in [1.807, 2.05) is 6.92 Å². The van der Waals surface area contributed by atoms with Gasteiger partial charge < -0.3 is 5.32 Å². The fourth-order valence-electron chi connectivity index (χ4n) is 5.04. The number of anilines is 1. The molecule has 2 aromatic carbocycles. The van der Waals surface area contributed by atoms with Crippen molar-refractivity contribution in [1.82, 2.24) is 4.72 Å². The predicted molar refractivity (Wildman–Crippen MR) is 114 cm³/mol. The Morgan fingerprint density at radius 2 is 1.83 bits per heavy atom. The lowest BCUT2D eigenvalue weighted by Crippen LogP contribution is -2.40. The van der Waals surface area contributed by atoms with E-state index in [0.717, 1.165) is 12.3 Å². The molecule has 5 nitrogen and oxygen atoms in total. The molecule has 2 aliphatic carbocycles. The Morgan fingerprint density at radius 3 is 2.47 bits per heavy atom. The molecule has 4 rings (SSSR count). The van der Waals surface area contributed by atoms with Crippen LogP contribution in [0.3, 0.4) is 0 Å². The first-order valence-corrected chi connectivity index (χ1v) is 12.0. The first kappa shape index (κ1) is 21.0. The molecule has 0 aromatic heterocycles. The van der Waals surface area contributed by atoms with Crippen LogP contribution in [0.25, 0.3) is 0 Å².